The number of carbonyl (C=O) groups excluding carboxylic acids is 1. The van der Waals surface area contributed by atoms with Crippen molar-refractivity contribution in [2.24, 2.45) is 0 Å². The smallest absolute Gasteiger partial charge is 0.308 e. The summed E-state index contributed by atoms with van der Waals surface area (Å²) in [4.78, 5) is 11.8. The molecule has 4 heteroatoms. The van der Waals surface area contributed by atoms with E-state index in [1.807, 2.05) is 55.5 Å². The topological polar surface area (TPSA) is 41.1 Å². The molecule has 0 atom stereocenters. The number of hydrogen-bond donors (Lipinski definition) is 2. The summed E-state index contributed by atoms with van der Waals surface area (Å²) in [5, 5.41) is 5.56. The van der Waals surface area contributed by atoms with E-state index in [0.29, 0.717) is 0 Å². The minimum Gasteiger partial charge on any atom is -0.308 e. The molecular weight excluding hydrogens is 292 g/mol. The highest BCUT2D eigenvalue weighted by Crippen LogP contribution is 2.19. The predicted molar refractivity (Wildman–Crippen MR) is 78.0 cm³/mol. The van der Waals surface area contributed by atoms with Gasteiger partial charge in [-0.15, -0.1) is 0 Å². The average molecular weight is 305 g/mol. The maximum Gasteiger partial charge on any atom is 0.323 e. The summed E-state index contributed by atoms with van der Waals surface area (Å²) in [6.45, 7) is 1.98. The molecule has 0 aliphatic rings. The Morgan fingerprint density at radius 2 is 1.67 bits per heavy atom. The Balaban J connectivity index is 2.03. The lowest BCUT2D eigenvalue weighted by Gasteiger charge is -2.08. The number of amides is 2. The molecule has 0 aliphatic heterocycles. The first-order chi connectivity index (χ1) is 8.63. The van der Waals surface area contributed by atoms with E-state index >= 15 is 0 Å². The molecule has 0 saturated heterocycles. The van der Waals surface area contributed by atoms with Crippen molar-refractivity contribution in [3.05, 3.63) is 58.6 Å². The van der Waals surface area contributed by atoms with Crippen LogP contribution in [0.2, 0.25) is 0 Å². The molecule has 0 spiro atoms. The van der Waals surface area contributed by atoms with Gasteiger partial charge >= 0.3 is 6.03 Å². The number of aryl methyl sites for hydroxylation is 1. The van der Waals surface area contributed by atoms with Gasteiger partial charge in [-0.25, -0.2) is 4.79 Å². The van der Waals surface area contributed by atoms with Crippen molar-refractivity contribution in [3.8, 4) is 0 Å². The molecule has 0 saturated carbocycles. The Morgan fingerprint density at radius 3 is 2.33 bits per heavy atom. The van der Waals surface area contributed by atoms with Gasteiger partial charge in [-0.3, -0.25) is 0 Å². The molecule has 92 valence electrons. The minimum absolute atomic E-state index is 0.251. The van der Waals surface area contributed by atoms with Gasteiger partial charge in [0, 0.05) is 15.8 Å². The normalized spacial score (nSPS) is 9.89. The highest BCUT2D eigenvalue weighted by Gasteiger charge is 2.03. The molecule has 0 aromatic heterocycles. The van der Waals surface area contributed by atoms with Gasteiger partial charge in [0.15, 0.2) is 0 Å². The summed E-state index contributed by atoms with van der Waals surface area (Å²) >= 11 is 3.40. The van der Waals surface area contributed by atoms with Crippen molar-refractivity contribution < 1.29 is 4.79 Å². The fraction of sp³-hybridized carbons (Fsp3) is 0.0714. The molecular formula is C14H13BrN2O. The van der Waals surface area contributed by atoms with E-state index in [9.17, 15) is 4.79 Å². The third-order valence-electron chi connectivity index (χ3n) is 2.33. The van der Waals surface area contributed by atoms with E-state index < -0.39 is 0 Å². The van der Waals surface area contributed by atoms with Crippen LogP contribution < -0.4 is 10.6 Å². The quantitative estimate of drug-likeness (QED) is 0.848. The molecule has 0 aliphatic carbocycles. The zero-order valence-corrected chi connectivity index (χ0v) is 11.5. The van der Waals surface area contributed by atoms with Crippen molar-refractivity contribution >= 4 is 33.3 Å². The van der Waals surface area contributed by atoms with Crippen LogP contribution in [-0.2, 0) is 0 Å². The largest absolute Gasteiger partial charge is 0.323 e. The van der Waals surface area contributed by atoms with Crippen molar-refractivity contribution in [1.82, 2.24) is 0 Å². The van der Waals surface area contributed by atoms with Crippen LogP contribution >= 0.6 is 15.9 Å². The number of hydrogen-bond acceptors (Lipinski definition) is 1. The first kappa shape index (κ1) is 12.6. The summed E-state index contributed by atoms with van der Waals surface area (Å²) in [6.07, 6.45) is 0. The van der Waals surface area contributed by atoms with Crippen LogP contribution in [0.3, 0.4) is 0 Å². The van der Waals surface area contributed by atoms with Crippen molar-refractivity contribution in [1.29, 1.82) is 0 Å². The number of para-hydroxylation sites is 1. The van der Waals surface area contributed by atoms with Gasteiger partial charge in [-0.2, -0.15) is 0 Å². The fourth-order valence-corrected chi connectivity index (χ4v) is 2.23. The number of urea groups is 1. The molecule has 0 heterocycles. The molecule has 0 bridgehead atoms. The second-order valence-electron chi connectivity index (χ2n) is 3.96. The Labute approximate surface area is 114 Å². The molecule has 3 nitrogen and oxygen atoms in total. The maximum atomic E-state index is 11.8. The minimum atomic E-state index is -0.251. The van der Waals surface area contributed by atoms with Gasteiger partial charge in [-0.05, 0) is 42.8 Å². The predicted octanol–water partition coefficient (Wildman–Crippen LogP) is 4.40. The van der Waals surface area contributed by atoms with E-state index in [0.717, 1.165) is 21.4 Å². The molecule has 2 aromatic carbocycles. The lowest BCUT2D eigenvalue weighted by molar-refractivity contribution is 0.262. The number of nitrogens with one attached hydrogen (secondary N) is 2. The summed E-state index contributed by atoms with van der Waals surface area (Å²) in [7, 11) is 0. The van der Waals surface area contributed by atoms with Crippen LogP contribution in [0.4, 0.5) is 16.2 Å². The SMILES string of the molecule is Cc1cc(Br)cc(NC(=O)Nc2ccccc2)c1. The number of carbonyl (C=O) groups is 1. The van der Waals surface area contributed by atoms with Gasteiger partial charge in [0.1, 0.15) is 0 Å². The van der Waals surface area contributed by atoms with Gasteiger partial charge in [0.25, 0.3) is 0 Å². The van der Waals surface area contributed by atoms with Crippen LogP contribution in [0.1, 0.15) is 5.56 Å². The zero-order chi connectivity index (χ0) is 13.0. The van der Waals surface area contributed by atoms with Crippen molar-refractivity contribution in [2.75, 3.05) is 10.6 Å². The number of anilines is 2. The Hall–Kier alpha value is -1.81. The van der Waals surface area contributed by atoms with Crippen LogP contribution in [0, 0.1) is 6.92 Å². The fourth-order valence-electron chi connectivity index (χ4n) is 1.62. The number of benzene rings is 2. The molecule has 2 aromatic rings. The first-order valence-corrected chi connectivity index (χ1v) is 6.33. The number of rotatable bonds is 2. The Morgan fingerprint density at radius 1 is 1.00 bits per heavy atom. The molecule has 0 fully saturated rings. The van der Waals surface area contributed by atoms with Crippen LogP contribution in [0.15, 0.2) is 53.0 Å². The van der Waals surface area contributed by atoms with Crippen LogP contribution in [-0.4, -0.2) is 6.03 Å². The van der Waals surface area contributed by atoms with E-state index in [4.69, 9.17) is 0 Å². The summed E-state index contributed by atoms with van der Waals surface area (Å²) in [6, 6.07) is 14.8. The first-order valence-electron chi connectivity index (χ1n) is 5.54. The van der Waals surface area contributed by atoms with Gasteiger partial charge in [0.2, 0.25) is 0 Å². The molecule has 2 amide bonds. The van der Waals surface area contributed by atoms with Crippen LogP contribution in [0.25, 0.3) is 0 Å². The van der Waals surface area contributed by atoms with E-state index in [1.54, 1.807) is 0 Å². The summed E-state index contributed by atoms with van der Waals surface area (Å²) < 4.78 is 0.942. The molecule has 2 N–H and O–H groups in total. The monoisotopic (exact) mass is 304 g/mol. The standard InChI is InChI=1S/C14H13BrN2O/c1-10-7-11(15)9-13(8-10)17-14(18)16-12-5-3-2-4-6-12/h2-9H,1H3,(H2,16,17,18). The van der Waals surface area contributed by atoms with Crippen molar-refractivity contribution in [3.63, 3.8) is 0 Å². The second-order valence-corrected chi connectivity index (χ2v) is 4.88. The van der Waals surface area contributed by atoms with Crippen LogP contribution in [0.5, 0.6) is 0 Å². The summed E-state index contributed by atoms with van der Waals surface area (Å²) in [5.74, 6) is 0. The zero-order valence-electron chi connectivity index (χ0n) is 9.91. The van der Waals surface area contributed by atoms with E-state index in [1.165, 1.54) is 0 Å². The van der Waals surface area contributed by atoms with Crippen molar-refractivity contribution in [2.45, 2.75) is 6.92 Å². The van der Waals surface area contributed by atoms with E-state index in [2.05, 4.69) is 26.6 Å². The second kappa shape index (κ2) is 5.69. The lowest BCUT2D eigenvalue weighted by atomic mass is 10.2. The summed E-state index contributed by atoms with van der Waals surface area (Å²) in [5.41, 5.74) is 2.61. The average Bonchev–Trinajstić information content (AvgIpc) is 2.28. The maximum absolute atomic E-state index is 11.8. The van der Waals surface area contributed by atoms with Gasteiger partial charge in [-0.1, -0.05) is 34.1 Å². The van der Waals surface area contributed by atoms with Gasteiger partial charge < -0.3 is 10.6 Å². The Bertz CT molecular complexity index is 535. The van der Waals surface area contributed by atoms with E-state index in [-0.39, 0.29) is 6.03 Å². The molecule has 2 rings (SSSR count). The molecule has 0 radical (unpaired) electrons. The van der Waals surface area contributed by atoms with Gasteiger partial charge in [0.05, 0.1) is 0 Å². The number of halogens is 1. The Kier molecular flexibility index (Phi) is 3.99. The third-order valence-corrected chi connectivity index (χ3v) is 2.79. The molecule has 0 unspecified atom stereocenters. The third kappa shape index (κ3) is 3.60. The highest BCUT2D eigenvalue weighted by molar-refractivity contribution is 9.10. The highest BCUT2D eigenvalue weighted by atomic mass is 79.9. The molecule has 18 heavy (non-hydrogen) atoms. The lowest BCUT2D eigenvalue weighted by Crippen LogP contribution is -2.19.